The predicted octanol–water partition coefficient (Wildman–Crippen LogP) is 6.57. The van der Waals surface area contributed by atoms with Gasteiger partial charge < -0.3 is 25.2 Å². The lowest BCUT2D eigenvalue weighted by molar-refractivity contribution is -0.106. The molecular formula is C33H41ClF2N4O4. The van der Waals surface area contributed by atoms with Crippen molar-refractivity contribution in [2.75, 3.05) is 25.6 Å². The number of pyridine rings is 1. The third kappa shape index (κ3) is 7.90. The number of hydrogen-bond acceptors (Lipinski definition) is 8. The van der Waals surface area contributed by atoms with Crippen molar-refractivity contribution in [3.05, 3.63) is 69.4 Å². The number of aliphatic imine (C=N–C) groups is 1. The summed E-state index contributed by atoms with van der Waals surface area (Å²) in [7, 11) is 1.64. The molecule has 0 bridgehead atoms. The van der Waals surface area contributed by atoms with Crippen molar-refractivity contribution in [3.63, 3.8) is 0 Å². The van der Waals surface area contributed by atoms with Gasteiger partial charge in [0.1, 0.15) is 23.8 Å². The number of nitrogens with zero attached hydrogens (tertiary/aromatic N) is 2. The topological polar surface area (TPSA) is 105 Å². The van der Waals surface area contributed by atoms with E-state index in [0.717, 1.165) is 23.8 Å². The second-order valence-electron chi connectivity index (χ2n) is 11.3. The number of halogens is 3. The highest BCUT2D eigenvalue weighted by Gasteiger charge is 2.46. The summed E-state index contributed by atoms with van der Waals surface area (Å²) in [6.45, 7) is 8.78. The summed E-state index contributed by atoms with van der Waals surface area (Å²) in [5.74, 6) is 0.0246. The summed E-state index contributed by atoms with van der Waals surface area (Å²) >= 11 is 6.30. The maximum absolute atomic E-state index is 15.1. The SMILES string of the molecule is C=Nc1nc(NC2CCc3cc(C(/C=C(/F)C=O)=C/NC)cc(F)c32)c(Cl)cc1C.CCCCCC1CO[C@@H]2C(O)CO[C@H]12. The third-order valence-corrected chi connectivity index (χ3v) is 8.50. The Hall–Kier alpha value is -3.18. The first-order valence-electron chi connectivity index (χ1n) is 15.0. The molecule has 2 aromatic rings. The third-order valence-electron chi connectivity index (χ3n) is 8.21. The molecular weight excluding hydrogens is 590 g/mol. The van der Waals surface area contributed by atoms with Crippen LogP contribution in [0.4, 0.5) is 20.4 Å². The summed E-state index contributed by atoms with van der Waals surface area (Å²) in [5, 5.41) is 15.9. The summed E-state index contributed by atoms with van der Waals surface area (Å²) in [5.41, 5.74) is 2.96. The van der Waals surface area contributed by atoms with E-state index in [4.69, 9.17) is 21.1 Å². The number of unbranched alkanes of at least 4 members (excludes halogenated alkanes) is 2. The number of aryl methyl sites for hydroxylation is 2. The van der Waals surface area contributed by atoms with E-state index in [9.17, 15) is 14.3 Å². The molecule has 5 atom stereocenters. The number of aromatic nitrogens is 1. The van der Waals surface area contributed by atoms with Gasteiger partial charge in [0.15, 0.2) is 17.9 Å². The van der Waals surface area contributed by atoms with Gasteiger partial charge in [-0.3, -0.25) is 4.79 Å². The Bertz CT molecular complexity index is 1400. The summed E-state index contributed by atoms with van der Waals surface area (Å²) in [6.07, 6.45) is 8.67. The number of allylic oxidation sites excluding steroid dienone is 3. The smallest absolute Gasteiger partial charge is 0.178 e. The first kappa shape index (κ1) is 33.7. The Morgan fingerprint density at radius 2 is 2.02 bits per heavy atom. The van der Waals surface area contributed by atoms with E-state index < -0.39 is 17.7 Å². The Morgan fingerprint density at radius 1 is 1.25 bits per heavy atom. The van der Waals surface area contributed by atoms with Crippen molar-refractivity contribution in [1.29, 1.82) is 0 Å². The number of aliphatic hydroxyl groups is 1. The molecule has 0 radical (unpaired) electrons. The van der Waals surface area contributed by atoms with Gasteiger partial charge in [-0.15, -0.1) is 0 Å². The molecule has 3 N–H and O–H groups in total. The molecule has 0 saturated carbocycles. The van der Waals surface area contributed by atoms with Gasteiger partial charge in [0.2, 0.25) is 0 Å². The molecule has 1 aliphatic carbocycles. The lowest BCUT2D eigenvalue weighted by atomic mass is 9.95. The molecule has 44 heavy (non-hydrogen) atoms. The van der Waals surface area contributed by atoms with Gasteiger partial charge in [-0.1, -0.05) is 43.9 Å². The Kier molecular flexibility index (Phi) is 12.0. The number of ether oxygens (including phenoxy) is 2. The van der Waals surface area contributed by atoms with Gasteiger partial charge in [0, 0.05) is 30.3 Å². The fraction of sp³-hybridized carbons (Fsp3) is 0.485. The molecule has 0 amide bonds. The fourth-order valence-electron chi connectivity index (χ4n) is 6.03. The van der Waals surface area contributed by atoms with Gasteiger partial charge in [-0.2, -0.15) is 0 Å². The largest absolute Gasteiger partial charge is 0.393 e. The van der Waals surface area contributed by atoms with E-state index in [-0.39, 0.29) is 24.5 Å². The van der Waals surface area contributed by atoms with Crippen LogP contribution < -0.4 is 10.6 Å². The molecule has 238 valence electrons. The predicted molar refractivity (Wildman–Crippen MR) is 170 cm³/mol. The highest BCUT2D eigenvalue weighted by molar-refractivity contribution is 6.33. The van der Waals surface area contributed by atoms with Gasteiger partial charge in [0.25, 0.3) is 0 Å². The molecule has 3 aliphatic rings. The number of carbonyl (C=O) groups is 1. The van der Waals surface area contributed by atoms with Crippen LogP contribution in [0.1, 0.15) is 67.3 Å². The summed E-state index contributed by atoms with van der Waals surface area (Å²) < 4.78 is 39.7. The van der Waals surface area contributed by atoms with Crippen molar-refractivity contribution in [3.8, 4) is 0 Å². The Balaban J connectivity index is 0.000000262. The van der Waals surface area contributed by atoms with E-state index >= 15 is 4.39 Å². The number of benzene rings is 1. The molecule has 1 aromatic carbocycles. The van der Waals surface area contributed by atoms with Gasteiger partial charge in [0.05, 0.1) is 30.4 Å². The zero-order valence-corrected chi connectivity index (χ0v) is 26.2. The van der Waals surface area contributed by atoms with Crippen molar-refractivity contribution < 1.29 is 28.2 Å². The maximum atomic E-state index is 15.1. The molecule has 2 saturated heterocycles. The average Bonchev–Trinajstić information content (AvgIpc) is 3.71. The first-order valence-corrected chi connectivity index (χ1v) is 15.4. The van der Waals surface area contributed by atoms with E-state index in [1.54, 1.807) is 19.2 Å². The van der Waals surface area contributed by atoms with Crippen LogP contribution in [0.5, 0.6) is 0 Å². The number of aldehydes is 1. The number of hydrogen-bond donors (Lipinski definition) is 3. The molecule has 11 heteroatoms. The monoisotopic (exact) mass is 630 g/mol. The zero-order chi connectivity index (χ0) is 31.8. The number of fused-ring (bicyclic) bond motifs is 2. The molecule has 2 fully saturated rings. The minimum Gasteiger partial charge on any atom is -0.393 e. The first-order chi connectivity index (χ1) is 21.2. The summed E-state index contributed by atoms with van der Waals surface area (Å²) in [6, 6.07) is 4.55. The highest BCUT2D eigenvalue weighted by Crippen LogP contribution is 2.39. The van der Waals surface area contributed by atoms with Crippen LogP contribution in [0.25, 0.3) is 5.57 Å². The van der Waals surface area contributed by atoms with Gasteiger partial charge in [-0.25, -0.2) is 18.8 Å². The van der Waals surface area contributed by atoms with Crippen molar-refractivity contribution in [2.45, 2.75) is 76.7 Å². The zero-order valence-electron chi connectivity index (χ0n) is 25.4. The Morgan fingerprint density at radius 3 is 2.73 bits per heavy atom. The second kappa shape index (κ2) is 15.7. The van der Waals surface area contributed by atoms with Crippen LogP contribution >= 0.6 is 11.6 Å². The van der Waals surface area contributed by atoms with E-state index in [1.165, 1.54) is 37.9 Å². The van der Waals surface area contributed by atoms with Crippen LogP contribution in [-0.4, -0.2) is 61.7 Å². The second-order valence-corrected chi connectivity index (χ2v) is 11.7. The molecule has 8 nitrogen and oxygen atoms in total. The number of aliphatic hydroxyl groups excluding tert-OH is 1. The van der Waals surface area contributed by atoms with Crippen LogP contribution in [-0.2, 0) is 20.7 Å². The fourth-order valence-corrected chi connectivity index (χ4v) is 6.29. The number of rotatable bonds is 11. The quantitative estimate of drug-likeness (QED) is 0.0848. The molecule has 0 spiro atoms. The van der Waals surface area contributed by atoms with Crippen LogP contribution in [0.2, 0.25) is 5.02 Å². The highest BCUT2D eigenvalue weighted by atomic mass is 35.5. The van der Waals surface area contributed by atoms with E-state index in [0.29, 0.717) is 58.7 Å². The van der Waals surface area contributed by atoms with Gasteiger partial charge in [-0.05, 0) is 67.8 Å². The standard InChI is InChI=1S/C22H21ClF2N4O.C11H20O3/c1-12-6-17(23)22(29-21(12)27-3)28-19-5-4-13-7-14(9-18(25)20(13)19)15(10-26-2)8-16(24)11-30;1-2-3-4-5-8-6-13-11-9(12)7-14-10(8)11/h6-11,19,26H,3-5H2,1-2H3,(H,28,29);8-12H,2-7H2,1H3/b15-10+,16-8+;/t;8?,9?,10-,11-/m.1/s1. The van der Waals surface area contributed by atoms with Crippen LogP contribution in [0, 0.1) is 18.7 Å². The molecule has 2 aliphatic heterocycles. The normalized spacial score (nSPS) is 24.3. The summed E-state index contributed by atoms with van der Waals surface area (Å²) in [4.78, 5) is 18.9. The Labute approximate surface area is 262 Å². The lowest BCUT2D eigenvalue weighted by Gasteiger charge is -2.18. The minimum atomic E-state index is -0.941. The molecule has 5 rings (SSSR count). The lowest BCUT2D eigenvalue weighted by Crippen LogP contribution is -2.28. The van der Waals surface area contributed by atoms with Gasteiger partial charge >= 0.3 is 0 Å². The molecule has 3 unspecified atom stereocenters. The average molecular weight is 631 g/mol. The number of anilines is 1. The minimum absolute atomic E-state index is 0.0402. The van der Waals surface area contributed by atoms with Crippen LogP contribution in [0.3, 0.4) is 0 Å². The maximum Gasteiger partial charge on any atom is 0.178 e. The van der Waals surface area contributed by atoms with E-state index in [1.807, 2.05) is 6.92 Å². The van der Waals surface area contributed by atoms with Crippen molar-refractivity contribution in [2.24, 2.45) is 10.9 Å². The van der Waals surface area contributed by atoms with Crippen molar-refractivity contribution >= 4 is 41.8 Å². The van der Waals surface area contributed by atoms with E-state index in [2.05, 4.69) is 34.3 Å². The van der Waals surface area contributed by atoms with Crippen molar-refractivity contribution in [1.82, 2.24) is 10.3 Å². The number of carbonyl (C=O) groups excluding carboxylic acids is 1. The molecule has 1 aromatic heterocycles. The number of nitrogens with one attached hydrogen (secondary N) is 2. The van der Waals surface area contributed by atoms with Crippen LogP contribution in [0.15, 0.2) is 41.3 Å². The molecule has 3 heterocycles.